The van der Waals surface area contributed by atoms with Gasteiger partial charge in [-0.05, 0) is 37.1 Å². The van der Waals surface area contributed by atoms with Crippen molar-refractivity contribution >= 4 is 23.5 Å². The molecular weight excluding hydrogens is 282 g/mol. The molecule has 0 aliphatic rings. The Morgan fingerprint density at radius 1 is 1.24 bits per heavy atom. The van der Waals surface area contributed by atoms with Gasteiger partial charge < -0.3 is 10.1 Å². The Bertz CT molecular complexity index is 590. The first kappa shape index (κ1) is 15.3. The summed E-state index contributed by atoms with van der Waals surface area (Å²) in [7, 11) is 0. The third-order valence-corrected chi connectivity index (χ3v) is 3.80. The minimum Gasteiger partial charge on any atom is -0.445 e. The van der Waals surface area contributed by atoms with Crippen LogP contribution < -0.4 is 5.32 Å². The summed E-state index contributed by atoms with van der Waals surface area (Å²) in [5.41, 5.74) is 0.987. The minimum atomic E-state index is -0.376. The lowest BCUT2D eigenvalue weighted by atomic mass is 10.2. The van der Waals surface area contributed by atoms with Gasteiger partial charge in [0, 0.05) is 16.3 Å². The van der Waals surface area contributed by atoms with Gasteiger partial charge in [-0.1, -0.05) is 36.4 Å². The highest BCUT2D eigenvalue weighted by molar-refractivity contribution is 7.12. The monoisotopic (exact) mass is 301 g/mol. The first-order valence-corrected chi connectivity index (χ1v) is 7.73. The highest BCUT2D eigenvalue weighted by atomic mass is 32.1. The molecule has 1 aromatic heterocycles. The predicted octanol–water partition coefficient (Wildman–Crippen LogP) is 4.39. The van der Waals surface area contributed by atoms with E-state index in [1.54, 1.807) is 11.3 Å². The lowest BCUT2D eigenvalue weighted by Gasteiger charge is -2.05. The Morgan fingerprint density at radius 3 is 2.76 bits per heavy atom. The molecule has 2 rings (SSSR count). The number of nitrogens with one attached hydrogen (secondary N) is 1. The zero-order valence-electron chi connectivity index (χ0n) is 12.0. The van der Waals surface area contributed by atoms with Crippen molar-refractivity contribution in [2.24, 2.45) is 0 Å². The quantitative estimate of drug-likeness (QED) is 0.804. The fraction of sp³-hybridized carbons (Fsp3) is 0.235. The van der Waals surface area contributed by atoms with Crippen LogP contribution in [-0.4, -0.2) is 12.6 Å². The Balaban J connectivity index is 1.60. The molecule has 3 nitrogen and oxygen atoms in total. The van der Waals surface area contributed by atoms with Crippen molar-refractivity contribution in [2.45, 2.75) is 20.0 Å². The lowest BCUT2D eigenvalue weighted by molar-refractivity contribution is 0.140. The van der Waals surface area contributed by atoms with Crippen molar-refractivity contribution in [2.75, 3.05) is 6.54 Å². The molecule has 0 aliphatic carbocycles. The van der Waals surface area contributed by atoms with Gasteiger partial charge in [0.25, 0.3) is 0 Å². The predicted molar refractivity (Wildman–Crippen MR) is 87.3 cm³/mol. The topological polar surface area (TPSA) is 38.3 Å². The Kier molecular flexibility index (Phi) is 6.03. The van der Waals surface area contributed by atoms with E-state index in [4.69, 9.17) is 4.74 Å². The highest BCUT2D eigenvalue weighted by Gasteiger charge is 2.00. The van der Waals surface area contributed by atoms with Crippen molar-refractivity contribution in [3.63, 3.8) is 0 Å². The van der Waals surface area contributed by atoms with Gasteiger partial charge in [0.2, 0.25) is 0 Å². The average Bonchev–Trinajstić information content (AvgIpc) is 2.91. The van der Waals surface area contributed by atoms with Crippen LogP contribution in [0.3, 0.4) is 0 Å². The Morgan fingerprint density at radius 2 is 2.05 bits per heavy atom. The molecule has 0 saturated heterocycles. The maximum atomic E-state index is 11.5. The molecular formula is C17H19NO2S. The second-order valence-electron chi connectivity index (χ2n) is 4.63. The van der Waals surface area contributed by atoms with Crippen molar-refractivity contribution in [3.05, 3.63) is 63.9 Å². The van der Waals surface area contributed by atoms with Crippen molar-refractivity contribution in [3.8, 4) is 0 Å². The van der Waals surface area contributed by atoms with Crippen LogP contribution in [-0.2, 0) is 11.3 Å². The molecule has 110 valence electrons. The van der Waals surface area contributed by atoms with Gasteiger partial charge in [-0.3, -0.25) is 0 Å². The number of ether oxygens (including phenoxy) is 1. The SMILES string of the molecule is Cc1ccc(C=CCCNC(=O)OCc2ccccc2)s1. The van der Waals surface area contributed by atoms with Crippen LogP contribution >= 0.6 is 11.3 Å². The van der Waals surface area contributed by atoms with Crippen LogP contribution in [0.15, 0.2) is 48.5 Å². The second-order valence-corrected chi connectivity index (χ2v) is 5.95. The fourth-order valence-electron chi connectivity index (χ4n) is 1.77. The number of hydrogen-bond acceptors (Lipinski definition) is 3. The van der Waals surface area contributed by atoms with E-state index in [2.05, 4.69) is 36.5 Å². The number of carbonyl (C=O) groups excluding carboxylic acids is 1. The van der Waals surface area contributed by atoms with E-state index in [0.717, 1.165) is 12.0 Å². The number of aryl methyl sites for hydroxylation is 1. The number of hydrogen-bond donors (Lipinski definition) is 1. The van der Waals surface area contributed by atoms with Crippen molar-refractivity contribution in [1.29, 1.82) is 0 Å². The Labute approximate surface area is 129 Å². The van der Waals surface area contributed by atoms with Crippen LogP contribution in [0.1, 0.15) is 21.7 Å². The molecule has 0 unspecified atom stereocenters. The van der Waals surface area contributed by atoms with Crippen LogP contribution in [0.4, 0.5) is 4.79 Å². The van der Waals surface area contributed by atoms with Crippen LogP contribution in [0.2, 0.25) is 0 Å². The third-order valence-electron chi connectivity index (χ3n) is 2.84. The van der Waals surface area contributed by atoms with E-state index >= 15 is 0 Å². The lowest BCUT2D eigenvalue weighted by Crippen LogP contribution is -2.24. The Hall–Kier alpha value is -2.07. The number of alkyl carbamates (subject to hydrolysis) is 1. The van der Waals surface area contributed by atoms with Crippen LogP contribution in [0.25, 0.3) is 6.08 Å². The molecule has 0 bridgehead atoms. The molecule has 0 fully saturated rings. The van der Waals surface area contributed by atoms with E-state index in [9.17, 15) is 4.79 Å². The number of benzene rings is 1. The number of rotatable bonds is 6. The van der Waals surface area contributed by atoms with Crippen LogP contribution in [0, 0.1) is 6.92 Å². The van der Waals surface area contributed by atoms with E-state index in [-0.39, 0.29) is 6.09 Å². The highest BCUT2D eigenvalue weighted by Crippen LogP contribution is 2.16. The van der Waals surface area contributed by atoms with Gasteiger partial charge in [-0.15, -0.1) is 11.3 Å². The molecule has 0 atom stereocenters. The minimum absolute atomic E-state index is 0.303. The summed E-state index contributed by atoms with van der Waals surface area (Å²) in [6.45, 7) is 2.97. The van der Waals surface area contributed by atoms with Crippen LogP contribution in [0.5, 0.6) is 0 Å². The maximum absolute atomic E-state index is 11.5. The summed E-state index contributed by atoms with van der Waals surface area (Å²) < 4.78 is 5.12. The van der Waals surface area contributed by atoms with Gasteiger partial charge in [0.15, 0.2) is 0 Å². The first-order chi connectivity index (χ1) is 10.2. The summed E-state index contributed by atoms with van der Waals surface area (Å²) in [6, 6.07) is 13.8. The molecule has 0 aliphatic heterocycles. The average molecular weight is 301 g/mol. The summed E-state index contributed by atoms with van der Waals surface area (Å²) >= 11 is 1.76. The smallest absolute Gasteiger partial charge is 0.407 e. The summed E-state index contributed by atoms with van der Waals surface area (Å²) in [6.07, 6.45) is 4.55. The molecule has 1 aromatic carbocycles. The molecule has 0 radical (unpaired) electrons. The normalized spacial score (nSPS) is 10.7. The number of carbonyl (C=O) groups is 1. The van der Waals surface area contributed by atoms with Crippen molar-refractivity contribution in [1.82, 2.24) is 5.32 Å². The van der Waals surface area contributed by atoms with Gasteiger partial charge in [0.1, 0.15) is 6.61 Å². The maximum Gasteiger partial charge on any atom is 0.407 e. The summed E-state index contributed by atoms with van der Waals surface area (Å²) in [5, 5.41) is 2.74. The van der Waals surface area contributed by atoms with E-state index in [0.29, 0.717) is 13.2 Å². The molecule has 4 heteroatoms. The number of thiophene rings is 1. The number of amides is 1. The third kappa shape index (κ3) is 5.83. The van der Waals surface area contributed by atoms with Crippen molar-refractivity contribution < 1.29 is 9.53 Å². The molecule has 0 spiro atoms. The molecule has 1 amide bonds. The zero-order valence-corrected chi connectivity index (χ0v) is 12.9. The van der Waals surface area contributed by atoms with E-state index in [1.165, 1.54) is 9.75 Å². The zero-order chi connectivity index (χ0) is 14.9. The second kappa shape index (κ2) is 8.27. The molecule has 1 N–H and O–H groups in total. The largest absolute Gasteiger partial charge is 0.445 e. The van der Waals surface area contributed by atoms with E-state index in [1.807, 2.05) is 30.3 Å². The standard InChI is InChI=1S/C17H19NO2S/c1-14-10-11-16(21-14)9-5-6-12-18-17(19)20-13-15-7-3-2-4-8-15/h2-5,7-11H,6,12-13H2,1H3,(H,18,19). The molecule has 2 aromatic rings. The summed E-state index contributed by atoms with van der Waals surface area (Å²) in [4.78, 5) is 14.0. The molecule has 1 heterocycles. The van der Waals surface area contributed by atoms with Gasteiger partial charge in [0.05, 0.1) is 0 Å². The fourth-order valence-corrected chi connectivity index (χ4v) is 2.58. The van der Waals surface area contributed by atoms with E-state index < -0.39 is 0 Å². The van der Waals surface area contributed by atoms with Gasteiger partial charge in [-0.2, -0.15) is 0 Å². The molecule has 0 saturated carbocycles. The summed E-state index contributed by atoms with van der Waals surface area (Å²) in [5.74, 6) is 0. The van der Waals surface area contributed by atoms with Gasteiger partial charge >= 0.3 is 6.09 Å². The first-order valence-electron chi connectivity index (χ1n) is 6.91. The van der Waals surface area contributed by atoms with Gasteiger partial charge in [-0.25, -0.2) is 4.79 Å². The molecule has 21 heavy (non-hydrogen) atoms.